The molecule has 1 aliphatic rings. The summed E-state index contributed by atoms with van der Waals surface area (Å²) in [5.41, 5.74) is 1.48. The van der Waals surface area contributed by atoms with Crippen molar-refractivity contribution in [2.75, 3.05) is 14.2 Å². The average molecular weight is 384 g/mol. The van der Waals surface area contributed by atoms with Crippen LogP contribution in [0.4, 0.5) is 0 Å². The minimum Gasteiger partial charge on any atom is -0.497 e. The fraction of sp³-hybridized carbons (Fsp3) is 0.300. The zero-order chi connectivity index (χ0) is 18.8. The van der Waals surface area contributed by atoms with Crippen molar-refractivity contribution < 1.29 is 18.8 Å². The Morgan fingerprint density at radius 3 is 2.78 bits per heavy atom. The molecule has 0 saturated heterocycles. The molecule has 140 valence electrons. The van der Waals surface area contributed by atoms with Crippen LogP contribution in [0.5, 0.6) is 11.5 Å². The Bertz CT molecular complexity index is 931. The predicted octanol–water partition coefficient (Wildman–Crippen LogP) is 4.23. The van der Waals surface area contributed by atoms with E-state index in [1.807, 2.05) is 46.7 Å². The molecule has 0 atom stereocenters. The molecule has 0 bridgehead atoms. The lowest BCUT2D eigenvalue weighted by Crippen LogP contribution is -2.32. The number of benzene rings is 1. The number of hydrogen-bond acceptors (Lipinski definition) is 6. The van der Waals surface area contributed by atoms with E-state index >= 15 is 0 Å². The van der Waals surface area contributed by atoms with Crippen LogP contribution >= 0.6 is 11.3 Å². The van der Waals surface area contributed by atoms with Crippen molar-refractivity contribution in [1.29, 1.82) is 0 Å². The Balaban J connectivity index is 1.58. The topological polar surface area (TPSA) is 64.8 Å². The van der Waals surface area contributed by atoms with Crippen LogP contribution in [-0.4, -0.2) is 36.2 Å². The maximum absolute atomic E-state index is 12.8. The zero-order valence-corrected chi connectivity index (χ0v) is 16.0. The summed E-state index contributed by atoms with van der Waals surface area (Å²) >= 11 is 1.46. The predicted molar refractivity (Wildman–Crippen MR) is 102 cm³/mol. The molecule has 6 nitrogen and oxygen atoms in total. The van der Waals surface area contributed by atoms with Crippen molar-refractivity contribution in [3.05, 3.63) is 52.3 Å². The maximum atomic E-state index is 12.8. The van der Waals surface area contributed by atoms with Gasteiger partial charge in [-0.1, -0.05) is 11.2 Å². The summed E-state index contributed by atoms with van der Waals surface area (Å²) in [5.74, 6) is 2.01. The number of carbonyl (C=O) groups excluding carboxylic acids is 1. The van der Waals surface area contributed by atoms with E-state index in [1.165, 1.54) is 11.3 Å². The summed E-state index contributed by atoms with van der Waals surface area (Å²) in [4.78, 5) is 15.4. The van der Waals surface area contributed by atoms with Gasteiger partial charge in [0, 0.05) is 12.1 Å². The van der Waals surface area contributed by atoms with Crippen molar-refractivity contribution in [3.63, 3.8) is 0 Å². The second-order valence-corrected chi connectivity index (χ2v) is 7.34. The molecule has 0 N–H and O–H groups in total. The lowest BCUT2D eigenvalue weighted by Gasteiger charge is -2.20. The SMILES string of the molecule is COc1ccc(OC)c(-c2cc(CN(C(=O)c3cccs3)C3CC3)no2)c1. The Morgan fingerprint density at radius 1 is 1.26 bits per heavy atom. The highest BCUT2D eigenvalue weighted by molar-refractivity contribution is 7.12. The fourth-order valence-corrected chi connectivity index (χ4v) is 3.67. The molecule has 0 spiro atoms. The van der Waals surface area contributed by atoms with Gasteiger partial charge in [0.1, 0.15) is 17.2 Å². The van der Waals surface area contributed by atoms with Gasteiger partial charge in [-0.05, 0) is 42.5 Å². The second-order valence-electron chi connectivity index (χ2n) is 6.39. The average Bonchev–Trinajstić information content (AvgIpc) is 3.20. The number of thiophene rings is 1. The summed E-state index contributed by atoms with van der Waals surface area (Å²) < 4.78 is 16.3. The van der Waals surface area contributed by atoms with E-state index in [9.17, 15) is 4.79 Å². The van der Waals surface area contributed by atoms with E-state index in [1.54, 1.807) is 14.2 Å². The summed E-state index contributed by atoms with van der Waals surface area (Å²) in [6.07, 6.45) is 2.07. The molecule has 0 radical (unpaired) electrons. The smallest absolute Gasteiger partial charge is 0.264 e. The number of nitrogens with zero attached hydrogens (tertiary/aromatic N) is 2. The molecule has 7 heteroatoms. The lowest BCUT2D eigenvalue weighted by molar-refractivity contribution is 0.0731. The van der Waals surface area contributed by atoms with Crippen LogP contribution in [0, 0.1) is 0 Å². The minimum atomic E-state index is 0.0519. The van der Waals surface area contributed by atoms with Gasteiger partial charge in [-0.2, -0.15) is 0 Å². The van der Waals surface area contributed by atoms with Crippen LogP contribution in [-0.2, 0) is 6.54 Å². The minimum absolute atomic E-state index is 0.0519. The van der Waals surface area contributed by atoms with Gasteiger partial charge in [0.25, 0.3) is 5.91 Å². The second kappa shape index (κ2) is 7.44. The number of rotatable bonds is 7. The monoisotopic (exact) mass is 384 g/mol. The lowest BCUT2D eigenvalue weighted by atomic mass is 10.1. The van der Waals surface area contributed by atoms with Gasteiger partial charge in [-0.15, -0.1) is 11.3 Å². The third kappa shape index (κ3) is 3.68. The zero-order valence-electron chi connectivity index (χ0n) is 15.2. The molecular weight excluding hydrogens is 364 g/mol. The van der Waals surface area contributed by atoms with E-state index in [-0.39, 0.29) is 11.9 Å². The number of ether oxygens (including phenoxy) is 2. The Kier molecular flexibility index (Phi) is 4.85. The molecule has 0 unspecified atom stereocenters. The van der Waals surface area contributed by atoms with E-state index in [4.69, 9.17) is 14.0 Å². The highest BCUT2D eigenvalue weighted by Crippen LogP contribution is 2.35. The summed E-state index contributed by atoms with van der Waals surface area (Å²) in [6, 6.07) is 11.4. The van der Waals surface area contributed by atoms with Gasteiger partial charge < -0.3 is 18.9 Å². The summed E-state index contributed by atoms with van der Waals surface area (Å²) in [7, 11) is 3.22. The summed E-state index contributed by atoms with van der Waals surface area (Å²) in [5, 5.41) is 6.09. The summed E-state index contributed by atoms with van der Waals surface area (Å²) in [6.45, 7) is 0.428. The van der Waals surface area contributed by atoms with Crippen LogP contribution in [0.15, 0.2) is 46.3 Å². The Labute approximate surface area is 161 Å². The highest BCUT2D eigenvalue weighted by Gasteiger charge is 2.34. The maximum Gasteiger partial charge on any atom is 0.264 e. The largest absolute Gasteiger partial charge is 0.497 e. The Morgan fingerprint density at radius 2 is 2.11 bits per heavy atom. The fourth-order valence-electron chi connectivity index (χ4n) is 2.99. The first kappa shape index (κ1) is 17.6. The molecule has 1 aliphatic carbocycles. The number of hydrogen-bond donors (Lipinski definition) is 0. The molecular formula is C20H20N2O4S. The quantitative estimate of drug-likeness (QED) is 0.610. The standard InChI is InChI=1S/C20H20N2O4S/c1-24-15-7-8-17(25-2)16(11-15)18-10-13(21-26-18)12-22(14-5-6-14)20(23)19-4-3-9-27-19/h3-4,7-11,14H,5-6,12H2,1-2H3. The van der Waals surface area contributed by atoms with Gasteiger partial charge in [0.05, 0.1) is 31.2 Å². The van der Waals surface area contributed by atoms with Crippen LogP contribution < -0.4 is 9.47 Å². The third-order valence-corrected chi connectivity index (χ3v) is 5.40. The van der Waals surface area contributed by atoms with E-state index < -0.39 is 0 Å². The van der Waals surface area contributed by atoms with Crippen molar-refractivity contribution in [2.24, 2.45) is 0 Å². The Hall–Kier alpha value is -2.80. The first-order chi connectivity index (χ1) is 13.2. The van der Waals surface area contributed by atoms with Gasteiger partial charge in [0.2, 0.25) is 0 Å². The number of carbonyl (C=O) groups is 1. The first-order valence-corrected chi connectivity index (χ1v) is 9.60. The van der Waals surface area contributed by atoms with Gasteiger partial charge >= 0.3 is 0 Å². The molecule has 4 rings (SSSR count). The van der Waals surface area contributed by atoms with E-state index in [0.717, 1.165) is 23.3 Å². The molecule has 1 saturated carbocycles. The van der Waals surface area contributed by atoms with E-state index in [2.05, 4.69) is 5.16 Å². The molecule has 27 heavy (non-hydrogen) atoms. The highest BCUT2D eigenvalue weighted by atomic mass is 32.1. The number of methoxy groups -OCH3 is 2. The van der Waals surface area contributed by atoms with Crippen molar-refractivity contribution in [2.45, 2.75) is 25.4 Å². The van der Waals surface area contributed by atoms with Gasteiger partial charge in [-0.25, -0.2) is 0 Å². The molecule has 2 heterocycles. The molecule has 0 aliphatic heterocycles. The van der Waals surface area contributed by atoms with Gasteiger partial charge in [0.15, 0.2) is 5.76 Å². The van der Waals surface area contributed by atoms with Crippen molar-refractivity contribution in [1.82, 2.24) is 10.1 Å². The molecule has 1 aromatic carbocycles. The normalized spacial score (nSPS) is 13.4. The van der Waals surface area contributed by atoms with Crippen molar-refractivity contribution in [3.8, 4) is 22.8 Å². The molecule has 1 fully saturated rings. The number of amides is 1. The van der Waals surface area contributed by atoms with Gasteiger partial charge in [-0.3, -0.25) is 4.79 Å². The third-order valence-electron chi connectivity index (χ3n) is 4.54. The van der Waals surface area contributed by atoms with Crippen molar-refractivity contribution >= 4 is 17.2 Å². The van der Waals surface area contributed by atoms with Crippen LogP contribution in [0.1, 0.15) is 28.2 Å². The molecule has 2 aromatic heterocycles. The van der Waals surface area contributed by atoms with Crippen LogP contribution in [0.3, 0.4) is 0 Å². The van der Waals surface area contributed by atoms with E-state index in [0.29, 0.717) is 29.5 Å². The first-order valence-electron chi connectivity index (χ1n) is 8.72. The number of aromatic nitrogens is 1. The molecule has 3 aromatic rings. The van der Waals surface area contributed by atoms with Crippen LogP contribution in [0.2, 0.25) is 0 Å². The molecule has 1 amide bonds. The van der Waals surface area contributed by atoms with Crippen LogP contribution in [0.25, 0.3) is 11.3 Å².